The smallest absolute Gasteiger partial charge is 0.414 e. The van der Waals surface area contributed by atoms with E-state index < -0.39 is 0 Å². The Morgan fingerprint density at radius 2 is 1.70 bits per heavy atom. The summed E-state index contributed by atoms with van der Waals surface area (Å²) in [7, 11) is 0. The number of benzene rings is 2. The van der Waals surface area contributed by atoms with Crippen LogP contribution in [-0.2, 0) is 11.2 Å². The van der Waals surface area contributed by atoms with Gasteiger partial charge in [0.1, 0.15) is 6.10 Å². The number of anilines is 1. The van der Waals surface area contributed by atoms with Crippen LogP contribution in [0.5, 0.6) is 0 Å². The second kappa shape index (κ2) is 8.57. The van der Waals surface area contributed by atoms with Crippen LogP contribution in [-0.4, -0.2) is 42.8 Å². The van der Waals surface area contributed by atoms with Gasteiger partial charge in [0.05, 0.1) is 6.54 Å². The number of para-hydroxylation sites is 1. The maximum atomic E-state index is 12.2. The van der Waals surface area contributed by atoms with Crippen LogP contribution in [0.4, 0.5) is 10.5 Å². The minimum atomic E-state index is -0.217. The van der Waals surface area contributed by atoms with Crippen LogP contribution in [0.3, 0.4) is 0 Å². The summed E-state index contributed by atoms with van der Waals surface area (Å²) in [5, 5.41) is 0. The van der Waals surface area contributed by atoms with Crippen molar-refractivity contribution in [1.82, 2.24) is 4.90 Å². The third-order valence-corrected chi connectivity index (χ3v) is 5.74. The first-order chi connectivity index (χ1) is 13.3. The predicted molar refractivity (Wildman–Crippen MR) is 108 cm³/mol. The lowest BCUT2D eigenvalue weighted by molar-refractivity contribution is 0.102. The van der Waals surface area contributed by atoms with E-state index in [0.29, 0.717) is 12.6 Å². The Morgan fingerprint density at radius 1 is 0.963 bits per heavy atom. The molecule has 4 nitrogen and oxygen atoms in total. The Balaban J connectivity index is 1.32. The fraction of sp³-hybridized carbons (Fsp3) is 0.435. The third kappa shape index (κ3) is 4.51. The zero-order valence-electron chi connectivity index (χ0n) is 15.8. The lowest BCUT2D eigenvalue weighted by atomic mass is 9.95. The molecule has 0 bridgehead atoms. The lowest BCUT2D eigenvalue weighted by Gasteiger charge is -2.36. The second-order valence-corrected chi connectivity index (χ2v) is 7.62. The number of hydrogen-bond acceptors (Lipinski definition) is 3. The molecule has 27 heavy (non-hydrogen) atoms. The maximum Gasteiger partial charge on any atom is 0.414 e. The molecule has 0 aliphatic carbocycles. The van der Waals surface area contributed by atoms with Crippen molar-refractivity contribution in [3.05, 3.63) is 66.2 Å². The average molecular weight is 364 g/mol. The predicted octanol–water partition coefficient (Wildman–Crippen LogP) is 4.50. The van der Waals surface area contributed by atoms with E-state index in [0.717, 1.165) is 31.6 Å². The van der Waals surface area contributed by atoms with Crippen molar-refractivity contribution in [3.63, 3.8) is 0 Å². The summed E-state index contributed by atoms with van der Waals surface area (Å²) in [6, 6.07) is 21.2. The van der Waals surface area contributed by atoms with Gasteiger partial charge in [0.25, 0.3) is 0 Å². The zero-order valence-corrected chi connectivity index (χ0v) is 15.8. The molecule has 4 rings (SSSR count). The van der Waals surface area contributed by atoms with Gasteiger partial charge in [0.2, 0.25) is 0 Å². The van der Waals surface area contributed by atoms with Crippen molar-refractivity contribution in [2.24, 2.45) is 0 Å². The fourth-order valence-corrected chi connectivity index (χ4v) is 4.27. The summed E-state index contributed by atoms with van der Waals surface area (Å²) >= 11 is 0. The van der Waals surface area contributed by atoms with Crippen molar-refractivity contribution in [1.29, 1.82) is 0 Å². The molecule has 2 saturated heterocycles. The molecule has 2 aliphatic heterocycles. The summed E-state index contributed by atoms with van der Waals surface area (Å²) in [5.74, 6) is 0. The fourth-order valence-electron chi connectivity index (χ4n) is 4.27. The summed E-state index contributed by atoms with van der Waals surface area (Å²) < 4.78 is 5.63. The Kier molecular flexibility index (Phi) is 5.73. The standard InChI is InChI=1S/C23H28N2O2/c26-23-25(20-11-5-2-6-12-20)18-22(27-23)14-16-24-15-8-7-13-21(24)17-19-9-3-1-4-10-19/h1-6,9-12,21-22H,7-8,13-18H2. The Hall–Kier alpha value is -2.33. The first-order valence-electron chi connectivity index (χ1n) is 10.1. The van der Waals surface area contributed by atoms with Gasteiger partial charge < -0.3 is 4.74 Å². The number of rotatable bonds is 6. The highest BCUT2D eigenvalue weighted by Crippen LogP contribution is 2.25. The molecule has 2 aliphatic rings. The topological polar surface area (TPSA) is 32.8 Å². The van der Waals surface area contributed by atoms with Crippen molar-refractivity contribution in [2.75, 3.05) is 24.5 Å². The summed E-state index contributed by atoms with van der Waals surface area (Å²) in [6.07, 6.45) is 5.62. The molecule has 2 fully saturated rings. The van der Waals surface area contributed by atoms with E-state index in [1.807, 2.05) is 30.3 Å². The maximum absolute atomic E-state index is 12.2. The van der Waals surface area contributed by atoms with Crippen LogP contribution in [0.15, 0.2) is 60.7 Å². The van der Waals surface area contributed by atoms with Gasteiger partial charge in [-0.2, -0.15) is 0 Å². The van der Waals surface area contributed by atoms with Gasteiger partial charge in [-0.05, 0) is 49.9 Å². The monoisotopic (exact) mass is 364 g/mol. The molecule has 0 N–H and O–H groups in total. The minimum Gasteiger partial charge on any atom is -0.444 e. The van der Waals surface area contributed by atoms with E-state index in [1.54, 1.807) is 4.90 Å². The number of hydrogen-bond donors (Lipinski definition) is 0. The number of cyclic esters (lactones) is 1. The second-order valence-electron chi connectivity index (χ2n) is 7.62. The third-order valence-electron chi connectivity index (χ3n) is 5.74. The molecule has 2 unspecified atom stereocenters. The molecule has 0 aromatic heterocycles. The van der Waals surface area contributed by atoms with Gasteiger partial charge >= 0.3 is 6.09 Å². The molecule has 2 aromatic rings. The molecule has 2 aromatic carbocycles. The van der Waals surface area contributed by atoms with Crippen molar-refractivity contribution < 1.29 is 9.53 Å². The molecular weight excluding hydrogens is 336 g/mol. The first-order valence-corrected chi connectivity index (χ1v) is 10.1. The molecule has 2 heterocycles. The molecule has 0 spiro atoms. The molecule has 0 radical (unpaired) electrons. The van der Waals surface area contributed by atoms with E-state index in [2.05, 4.69) is 35.2 Å². The number of piperidine rings is 1. The summed E-state index contributed by atoms with van der Waals surface area (Å²) in [6.45, 7) is 2.80. The molecule has 1 amide bonds. The number of ether oxygens (including phenoxy) is 1. The van der Waals surface area contributed by atoms with Gasteiger partial charge in [0, 0.05) is 18.3 Å². The molecule has 2 atom stereocenters. The molecule has 142 valence electrons. The number of amides is 1. The molecular formula is C23H28N2O2. The number of carbonyl (C=O) groups excluding carboxylic acids is 1. The van der Waals surface area contributed by atoms with Crippen molar-refractivity contribution in [2.45, 2.75) is 44.2 Å². The van der Waals surface area contributed by atoms with Crippen LogP contribution in [0.25, 0.3) is 0 Å². The quantitative estimate of drug-likeness (QED) is 0.757. The largest absolute Gasteiger partial charge is 0.444 e. The number of nitrogens with zero attached hydrogens (tertiary/aromatic N) is 2. The highest BCUT2D eigenvalue weighted by molar-refractivity contribution is 5.89. The zero-order chi connectivity index (χ0) is 18.5. The van der Waals surface area contributed by atoms with Crippen molar-refractivity contribution >= 4 is 11.8 Å². The summed E-state index contributed by atoms with van der Waals surface area (Å²) in [5.41, 5.74) is 2.34. The number of likely N-dealkylation sites (tertiary alicyclic amines) is 1. The van der Waals surface area contributed by atoms with Gasteiger partial charge in [-0.25, -0.2) is 4.79 Å². The van der Waals surface area contributed by atoms with Gasteiger partial charge in [-0.3, -0.25) is 9.80 Å². The van der Waals surface area contributed by atoms with E-state index in [9.17, 15) is 4.79 Å². The van der Waals surface area contributed by atoms with Gasteiger partial charge in [-0.15, -0.1) is 0 Å². The Morgan fingerprint density at radius 3 is 2.48 bits per heavy atom. The van der Waals surface area contributed by atoms with Gasteiger partial charge in [-0.1, -0.05) is 55.0 Å². The van der Waals surface area contributed by atoms with Crippen LogP contribution in [0.2, 0.25) is 0 Å². The molecule has 4 heteroatoms. The van der Waals surface area contributed by atoms with E-state index in [1.165, 1.54) is 24.8 Å². The lowest BCUT2D eigenvalue weighted by Crippen LogP contribution is -2.42. The number of carbonyl (C=O) groups is 1. The molecule has 0 saturated carbocycles. The van der Waals surface area contributed by atoms with Crippen LogP contribution >= 0.6 is 0 Å². The SMILES string of the molecule is O=C1OC(CCN2CCCCC2Cc2ccccc2)CN1c1ccccc1. The average Bonchev–Trinajstić information content (AvgIpc) is 3.09. The van der Waals surface area contributed by atoms with Gasteiger partial charge in [0.15, 0.2) is 0 Å². The minimum absolute atomic E-state index is 0.0167. The van der Waals surface area contributed by atoms with E-state index in [-0.39, 0.29) is 12.2 Å². The van der Waals surface area contributed by atoms with E-state index in [4.69, 9.17) is 4.74 Å². The van der Waals surface area contributed by atoms with Crippen molar-refractivity contribution in [3.8, 4) is 0 Å². The summed E-state index contributed by atoms with van der Waals surface area (Å²) in [4.78, 5) is 16.6. The Labute approximate surface area is 161 Å². The van der Waals surface area contributed by atoms with Crippen LogP contribution < -0.4 is 4.90 Å². The normalized spacial score (nSPS) is 23.4. The highest BCUT2D eigenvalue weighted by Gasteiger charge is 2.33. The Bertz CT molecular complexity index is 735. The van der Waals surface area contributed by atoms with E-state index >= 15 is 0 Å². The van der Waals surface area contributed by atoms with Crippen LogP contribution in [0, 0.1) is 0 Å². The highest BCUT2D eigenvalue weighted by atomic mass is 16.6. The van der Waals surface area contributed by atoms with Crippen LogP contribution in [0.1, 0.15) is 31.2 Å². The first kappa shape index (κ1) is 18.1.